The highest BCUT2D eigenvalue weighted by molar-refractivity contribution is 5.75. The average molecular weight is 192 g/mol. The van der Waals surface area contributed by atoms with Gasteiger partial charge in [-0.1, -0.05) is 0 Å². The minimum absolute atomic E-state index is 0.178. The van der Waals surface area contributed by atoms with Crippen LogP contribution in [-0.4, -0.2) is 21.3 Å². The van der Waals surface area contributed by atoms with Gasteiger partial charge in [-0.05, 0) is 31.2 Å². The van der Waals surface area contributed by atoms with Crippen molar-refractivity contribution in [3.05, 3.63) is 17.0 Å². The van der Waals surface area contributed by atoms with E-state index in [9.17, 15) is 4.79 Å². The summed E-state index contributed by atoms with van der Waals surface area (Å²) in [6.45, 7) is 0. The molecule has 0 spiro atoms. The van der Waals surface area contributed by atoms with Gasteiger partial charge in [0.25, 0.3) is 0 Å². The number of nitrogens with one attached hydrogen (secondary N) is 1. The van der Waals surface area contributed by atoms with Gasteiger partial charge in [-0.25, -0.2) is 0 Å². The Morgan fingerprint density at radius 1 is 1.50 bits per heavy atom. The van der Waals surface area contributed by atoms with E-state index in [-0.39, 0.29) is 11.8 Å². The number of aromatic nitrogens is 2. The average Bonchev–Trinajstić information content (AvgIpc) is 2.65. The first-order valence-corrected chi connectivity index (χ1v) is 5.06. The lowest BCUT2D eigenvalue weighted by molar-refractivity contribution is -0.138. The van der Waals surface area contributed by atoms with Crippen LogP contribution >= 0.6 is 0 Å². The number of aliphatic carboxylic acids is 1. The summed E-state index contributed by atoms with van der Waals surface area (Å²) in [4.78, 5) is 10.7. The highest BCUT2D eigenvalue weighted by Crippen LogP contribution is 2.49. The lowest BCUT2D eigenvalue weighted by atomic mass is 10.1. The molecule has 4 heteroatoms. The van der Waals surface area contributed by atoms with Crippen molar-refractivity contribution in [1.82, 2.24) is 10.2 Å². The van der Waals surface area contributed by atoms with Crippen molar-refractivity contribution in [3.8, 4) is 0 Å². The van der Waals surface area contributed by atoms with Gasteiger partial charge in [-0.15, -0.1) is 0 Å². The van der Waals surface area contributed by atoms with Gasteiger partial charge in [0.05, 0.1) is 11.6 Å². The summed E-state index contributed by atoms with van der Waals surface area (Å²) >= 11 is 0. The second-order valence-corrected chi connectivity index (χ2v) is 4.21. The van der Waals surface area contributed by atoms with Gasteiger partial charge in [-0.2, -0.15) is 5.10 Å². The fourth-order valence-electron chi connectivity index (χ4n) is 2.42. The molecule has 3 rings (SSSR count). The molecule has 1 heterocycles. The Bertz CT molecular complexity index is 397. The van der Waals surface area contributed by atoms with Gasteiger partial charge < -0.3 is 5.11 Å². The Kier molecular flexibility index (Phi) is 1.48. The lowest BCUT2D eigenvalue weighted by Gasteiger charge is -1.95. The van der Waals surface area contributed by atoms with Crippen LogP contribution in [0.3, 0.4) is 0 Å². The van der Waals surface area contributed by atoms with E-state index in [1.165, 1.54) is 17.7 Å². The van der Waals surface area contributed by atoms with Crippen LogP contribution in [0, 0.1) is 5.92 Å². The third-order valence-electron chi connectivity index (χ3n) is 3.30. The molecule has 1 aromatic heterocycles. The lowest BCUT2D eigenvalue weighted by Crippen LogP contribution is -2.00. The van der Waals surface area contributed by atoms with Gasteiger partial charge in [-0.3, -0.25) is 9.89 Å². The fourth-order valence-corrected chi connectivity index (χ4v) is 2.42. The number of carboxylic acid groups (broad SMARTS) is 1. The highest BCUT2D eigenvalue weighted by Gasteiger charge is 2.47. The van der Waals surface area contributed by atoms with E-state index < -0.39 is 5.97 Å². The largest absolute Gasteiger partial charge is 0.481 e. The monoisotopic (exact) mass is 192 g/mol. The van der Waals surface area contributed by atoms with Crippen LogP contribution in [0.2, 0.25) is 0 Å². The molecule has 2 N–H and O–H groups in total. The van der Waals surface area contributed by atoms with Crippen molar-refractivity contribution in [2.75, 3.05) is 0 Å². The summed E-state index contributed by atoms with van der Waals surface area (Å²) in [6.07, 6.45) is 4.10. The van der Waals surface area contributed by atoms with E-state index in [1.807, 2.05) is 0 Å². The normalized spacial score (nSPS) is 28.9. The number of fused-ring (bicyclic) bond motifs is 1. The first-order valence-electron chi connectivity index (χ1n) is 5.06. The van der Waals surface area contributed by atoms with Crippen molar-refractivity contribution in [2.45, 2.75) is 31.6 Å². The third kappa shape index (κ3) is 0.997. The Morgan fingerprint density at radius 3 is 3.07 bits per heavy atom. The standard InChI is InChI=1S/C10H12N2O2/c13-10(14)7-4-6(7)9-5-2-1-3-8(5)11-12-9/h6-7H,1-4H2,(H,11,12)(H,13,14). The second-order valence-electron chi connectivity index (χ2n) is 4.21. The molecule has 14 heavy (non-hydrogen) atoms. The van der Waals surface area contributed by atoms with Crippen molar-refractivity contribution >= 4 is 5.97 Å². The van der Waals surface area contributed by atoms with Gasteiger partial charge in [0, 0.05) is 11.6 Å². The Morgan fingerprint density at radius 2 is 2.36 bits per heavy atom. The molecule has 1 saturated carbocycles. The van der Waals surface area contributed by atoms with Gasteiger partial charge >= 0.3 is 5.97 Å². The topological polar surface area (TPSA) is 66.0 Å². The number of hydrogen-bond acceptors (Lipinski definition) is 2. The van der Waals surface area contributed by atoms with Crippen LogP contribution in [0.1, 0.15) is 35.7 Å². The smallest absolute Gasteiger partial charge is 0.307 e. The number of rotatable bonds is 2. The molecule has 0 amide bonds. The molecule has 2 aliphatic carbocycles. The molecule has 4 nitrogen and oxygen atoms in total. The number of hydrogen-bond donors (Lipinski definition) is 2. The van der Waals surface area contributed by atoms with Crippen LogP contribution in [0.4, 0.5) is 0 Å². The van der Waals surface area contributed by atoms with E-state index >= 15 is 0 Å². The molecule has 1 fully saturated rings. The summed E-state index contributed by atoms with van der Waals surface area (Å²) in [5.41, 5.74) is 3.57. The molecular formula is C10H12N2O2. The van der Waals surface area contributed by atoms with Gasteiger partial charge in [0.1, 0.15) is 0 Å². The molecule has 0 aromatic carbocycles. The third-order valence-corrected chi connectivity index (χ3v) is 3.30. The molecule has 2 aliphatic rings. The Labute approximate surface area is 81.3 Å². The first kappa shape index (κ1) is 8.03. The molecule has 2 atom stereocenters. The zero-order valence-electron chi connectivity index (χ0n) is 7.79. The van der Waals surface area contributed by atoms with E-state index in [4.69, 9.17) is 5.11 Å². The van der Waals surface area contributed by atoms with Crippen molar-refractivity contribution in [2.24, 2.45) is 5.92 Å². The summed E-state index contributed by atoms with van der Waals surface area (Å²) in [5, 5.41) is 16.1. The molecule has 0 bridgehead atoms. The predicted octanol–water partition coefficient (Wildman–Crippen LogP) is 1.09. The van der Waals surface area contributed by atoms with Crippen LogP contribution in [-0.2, 0) is 17.6 Å². The molecule has 74 valence electrons. The Balaban J connectivity index is 1.89. The number of nitrogens with zero attached hydrogens (tertiary/aromatic N) is 1. The number of carboxylic acids is 1. The van der Waals surface area contributed by atoms with Crippen LogP contribution in [0.15, 0.2) is 0 Å². The van der Waals surface area contributed by atoms with Gasteiger partial charge in [0.15, 0.2) is 0 Å². The van der Waals surface area contributed by atoms with E-state index in [0.717, 1.165) is 25.0 Å². The zero-order valence-corrected chi connectivity index (χ0v) is 7.79. The van der Waals surface area contributed by atoms with E-state index in [2.05, 4.69) is 10.2 Å². The minimum atomic E-state index is -0.676. The van der Waals surface area contributed by atoms with Crippen LogP contribution < -0.4 is 0 Å². The quantitative estimate of drug-likeness (QED) is 0.737. The number of H-pyrrole nitrogens is 1. The van der Waals surface area contributed by atoms with Gasteiger partial charge in [0.2, 0.25) is 0 Å². The summed E-state index contributed by atoms with van der Waals surface area (Å²) in [6, 6.07) is 0. The summed E-state index contributed by atoms with van der Waals surface area (Å²) in [7, 11) is 0. The second kappa shape index (κ2) is 2.59. The van der Waals surface area contributed by atoms with Crippen molar-refractivity contribution in [3.63, 3.8) is 0 Å². The maximum atomic E-state index is 10.7. The van der Waals surface area contributed by atoms with Crippen LogP contribution in [0.5, 0.6) is 0 Å². The first-order chi connectivity index (χ1) is 6.77. The predicted molar refractivity (Wildman–Crippen MR) is 49.1 cm³/mol. The molecule has 0 radical (unpaired) electrons. The molecule has 0 aliphatic heterocycles. The zero-order chi connectivity index (χ0) is 9.71. The number of aromatic amines is 1. The Hall–Kier alpha value is -1.32. The molecular weight excluding hydrogens is 180 g/mol. The van der Waals surface area contributed by atoms with Crippen molar-refractivity contribution < 1.29 is 9.90 Å². The fraction of sp³-hybridized carbons (Fsp3) is 0.600. The number of carbonyl (C=O) groups is 1. The van der Waals surface area contributed by atoms with E-state index in [1.54, 1.807) is 0 Å². The molecule has 0 saturated heterocycles. The maximum Gasteiger partial charge on any atom is 0.307 e. The summed E-state index contributed by atoms with van der Waals surface area (Å²) in [5.74, 6) is -0.668. The molecule has 2 unspecified atom stereocenters. The van der Waals surface area contributed by atoms with E-state index in [0.29, 0.717) is 0 Å². The minimum Gasteiger partial charge on any atom is -0.481 e. The highest BCUT2D eigenvalue weighted by atomic mass is 16.4. The summed E-state index contributed by atoms with van der Waals surface area (Å²) < 4.78 is 0. The van der Waals surface area contributed by atoms with Crippen LogP contribution in [0.25, 0.3) is 0 Å². The van der Waals surface area contributed by atoms with Crippen molar-refractivity contribution in [1.29, 1.82) is 0 Å². The SMILES string of the molecule is O=C(O)C1CC1c1n[nH]c2c1CCC2. The maximum absolute atomic E-state index is 10.7. The number of aryl methyl sites for hydroxylation is 1. The molecule has 1 aromatic rings.